The molecule has 1 aromatic heterocycles. The van der Waals surface area contributed by atoms with Gasteiger partial charge >= 0.3 is 5.63 Å². The number of nitrogens with zero attached hydrogens (tertiary/aromatic N) is 2. The third-order valence-corrected chi connectivity index (χ3v) is 5.48. The molecule has 0 radical (unpaired) electrons. The van der Waals surface area contributed by atoms with Crippen molar-refractivity contribution in [3.63, 3.8) is 0 Å². The summed E-state index contributed by atoms with van der Waals surface area (Å²) in [6, 6.07) is 19.2. The number of benzene rings is 3. The number of halogens is 1. The van der Waals surface area contributed by atoms with E-state index >= 15 is 0 Å². The molecule has 4 aromatic rings. The minimum atomic E-state index is -0.523. The fraction of sp³-hybridized carbons (Fsp3) is 0.0435. The number of hydrogen-bond donors (Lipinski definition) is 0. The van der Waals surface area contributed by atoms with Crippen LogP contribution in [0.15, 0.2) is 80.4 Å². The van der Waals surface area contributed by atoms with E-state index in [2.05, 4.69) is 20.9 Å². The summed E-state index contributed by atoms with van der Waals surface area (Å²) >= 11 is 3.32. The maximum atomic E-state index is 12.9. The second-order valence-electron chi connectivity index (χ2n) is 6.91. The molecule has 0 N–H and O–H groups in total. The number of aromatic nitrogens is 1. The van der Waals surface area contributed by atoms with Crippen LogP contribution >= 0.6 is 15.9 Å². The minimum absolute atomic E-state index is 0.0966. The van der Waals surface area contributed by atoms with E-state index in [1.165, 1.54) is 4.90 Å². The normalized spacial score (nSPS) is 13.2. The quantitative estimate of drug-likeness (QED) is 0.423. The van der Waals surface area contributed by atoms with Crippen LogP contribution in [0.2, 0.25) is 0 Å². The molecule has 0 unspecified atom stereocenters. The summed E-state index contributed by atoms with van der Waals surface area (Å²) in [5.74, 6) is -0.629. The summed E-state index contributed by atoms with van der Waals surface area (Å²) in [6.07, 6.45) is 0. The maximum Gasteiger partial charge on any atom is 0.347 e. The van der Waals surface area contributed by atoms with Gasteiger partial charge in [0.15, 0.2) is 0 Å². The average Bonchev–Trinajstić information content (AvgIpc) is 2.99. The van der Waals surface area contributed by atoms with E-state index < -0.39 is 5.63 Å². The summed E-state index contributed by atoms with van der Waals surface area (Å²) in [5.41, 5.74) is 1.88. The molecule has 1 aliphatic heterocycles. The maximum absolute atomic E-state index is 12.9. The zero-order chi connectivity index (χ0) is 20.8. The average molecular weight is 461 g/mol. The van der Waals surface area contributed by atoms with Crippen LogP contribution in [-0.4, -0.2) is 21.7 Å². The Balaban J connectivity index is 1.54. The Labute approximate surface area is 178 Å². The smallest absolute Gasteiger partial charge is 0.347 e. The van der Waals surface area contributed by atoms with Gasteiger partial charge < -0.3 is 4.42 Å². The predicted molar refractivity (Wildman–Crippen MR) is 114 cm³/mol. The summed E-state index contributed by atoms with van der Waals surface area (Å²) in [4.78, 5) is 43.6. The first-order chi connectivity index (χ1) is 14.5. The van der Waals surface area contributed by atoms with Crippen molar-refractivity contribution in [3.8, 4) is 11.5 Å². The van der Waals surface area contributed by atoms with Gasteiger partial charge in [0, 0.05) is 10.0 Å². The lowest BCUT2D eigenvalue weighted by atomic mass is 10.1. The second kappa shape index (κ2) is 7.03. The molecule has 0 spiro atoms. The Kier molecular flexibility index (Phi) is 4.33. The zero-order valence-corrected chi connectivity index (χ0v) is 17.0. The minimum Gasteiger partial charge on any atom is -0.403 e. The van der Waals surface area contributed by atoms with Gasteiger partial charge in [-0.25, -0.2) is 9.78 Å². The summed E-state index contributed by atoms with van der Waals surface area (Å²) < 4.78 is 6.13. The molecule has 146 valence electrons. The van der Waals surface area contributed by atoms with Crippen LogP contribution in [0.25, 0.3) is 22.4 Å². The van der Waals surface area contributed by atoms with E-state index in [1.54, 1.807) is 36.4 Å². The first-order valence-corrected chi connectivity index (χ1v) is 9.95. The van der Waals surface area contributed by atoms with Crippen molar-refractivity contribution in [1.29, 1.82) is 0 Å². The first kappa shape index (κ1) is 18.4. The highest BCUT2D eigenvalue weighted by molar-refractivity contribution is 9.10. The van der Waals surface area contributed by atoms with E-state index in [0.717, 1.165) is 10.0 Å². The van der Waals surface area contributed by atoms with Crippen molar-refractivity contribution in [2.75, 3.05) is 0 Å². The number of fused-ring (bicyclic) bond motifs is 2. The van der Waals surface area contributed by atoms with Gasteiger partial charge in [-0.05, 0) is 42.0 Å². The molecule has 0 fully saturated rings. The van der Waals surface area contributed by atoms with E-state index in [4.69, 9.17) is 4.42 Å². The number of rotatable bonds is 3. The monoisotopic (exact) mass is 460 g/mol. The number of carbonyl (C=O) groups excluding carboxylic acids is 2. The molecule has 0 bridgehead atoms. The first-order valence-electron chi connectivity index (χ1n) is 9.16. The Morgan fingerprint density at radius 1 is 0.867 bits per heavy atom. The number of imide groups is 1. The predicted octanol–water partition coefficient (Wildman–Crippen LogP) is 4.41. The molecule has 0 atom stereocenters. The standard InChI is InChI=1S/C23H13BrN2O4/c24-15-7-9-19-18(11-15)23(29)30-20(25-19)14-6-8-16-17(10-14)22(28)26(21(16)27)12-13-4-2-1-3-5-13/h1-11H,12H2. The molecule has 0 saturated carbocycles. The Morgan fingerprint density at radius 3 is 2.43 bits per heavy atom. The SMILES string of the molecule is O=C1c2ccc(-c3nc4ccc(Br)cc4c(=O)o3)cc2C(=O)N1Cc1ccccc1. The molecule has 30 heavy (non-hydrogen) atoms. The fourth-order valence-electron chi connectivity index (χ4n) is 3.50. The molecule has 1 aliphatic rings. The highest BCUT2D eigenvalue weighted by Gasteiger charge is 2.35. The van der Waals surface area contributed by atoms with E-state index in [9.17, 15) is 14.4 Å². The van der Waals surface area contributed by atoms with Gasteiger partial charge in [-0.15, -0.1) is 0 Å². The lowest BCUT2D eigenvalue weighted by Gasteiger charge is -2.13. The van der Waals surface area contributed by atoms with Crippen LogP contribution in [0.4, 0.5) is 0 Å². The molecular formula is C23H13BrN2O4. The Hall–Kier alpha value is -3.58. The van der Waals surface area contributed by atoms with Gasteiger partial charge in [0.25, 0.3) is 11.8 Å². The number of hydrogen-bond acceptors (Lipinski definition) is 5. The van der Waals surface area contributed by atoms with E-state index in [0.29, 0.717) is 22.0 Å². The van der Waals surface area contributed by atoms with E-state index in [-0.39, 0.29) is 29.8 Å². The highest BCUT2D eigenvalue weighted by atomic mass is 79.9. The van der Waals surface area contributed by atoms with Gasteiger partial charge in [-0.2, -0.15) is 0 Å². The molecule has 3 aromatic carbocycles. The van der Waals surface area contributed by atoms with Crippen molar-refractivity contribution in [3.05, 3.63) is 98.3 Å². The Morgan fingerprint density at radius 2 is 1.63 bits per heavy atom. The van der Waals surface area contributed by atoms with Crippen LogP contribution in [0.1, 0.15) is 26.3 Å². The van der Waals surface area contributed by atoms with Crippen molar-refractivity contribution in [2.45, 2.75) is 6.54 Å². The molecule has 0 aliphatic carbocycles. The van der Waals surface area contributed by atoms with Crippen molar-refractivity contribution in [1.82, 2.24) is 9.88 Å². The van der Waals surface area contributed by atoms with Crippen LogP contribution in [0, 0.1) is 0 Å². The molecule has 5 rings (SSSR count). The zero-order valence-electron chi connectivity index (χ0n) is 15.5. The van der Waals surface area contributed by atoms with Crippen molar-refractivity contribution in [2.24, 2.45) is 0 Å². The summed E-state index contributed by atoms with van der Waals surface area (Å²) in [6.45, 7) is 0.195. The molecule has 6 nitrogen and oxygen atoms in total. The molecule has 0 saturated heterocycles. The number of amides is 2. The lowest BCUT2D eigenvalue weighted by Crippen LogP contribution is -2.29. The van der Waals surface area contributed by atoms with Crippen LogP contribution < -0.4 is 5.63 Å². The largest absolute Gasteiger partial charge is 0.403 e. The highest BCUT2D eigenvalue weighted by Crippen LogP contribution is 2.29. The summed E-state index contributed by atoms with van der Waals surface area (Å²) in [7, 11) is 0. The van der Waals surface area contributed by atoms with Crippen LogP contribution in [-0.2, 0) is 6.54 Å². The van der Waals surface area contributed by atoms with Crippen LogP contribution in [0.5, 0.6) is 0 Å². The van der Waals surface area contributed by atoms with E-state index in [1.807, 2.05) is 30.3 Å². The third-order valence-electron chi connectivity index (χ3n) is 4.99. The van der Waals surface area contributed by atoms with Crippen molar-refractivity contribution >= 4 is 38.6 Å². The fourth-order valence-corrected chi connectivity index (χ4v) is 3.86. The molecule has 7 heteroatoms. The molecule has 2 amide bonds. The summed E-state index contributed by atoms with van der Waals surface area (Å²) in [5, 5.41) is 0.356. The lowest BCUT2D eigenvalue weighted by molar-refractivity contribution is 0.0642. The molecular weight excluding hydrogens is 448 g/mol. The second-order valence-corrected chi connectivity index (χ2v) is 7.83. The Bertz CT molecular complexity index is 1400. The van der Waals surface area contributed by atoms with Gasteiger partial charge in [-0.3, -0.25) is 14.5 Å². The topological polar surface area (TPSA) is 80.5 Å². The van der Waals surface area contributed by atoms with Gasteiger partial charge in [0.05, 0.1) is 28.6 Å². The third kappa shape index (κ3) is 3.04. The van der Waals surface area contributed by atoms with Gasteiger partial charge in [-0.1, -0.05) is 46.3 Å². The molecule has 2 heterocycles. The van der Waals surface area contributed by atoms with Crippen LogP contribution in [0.3, 0.4) is 0 Å². The van der Waals surface area contributed by atoms with Crippen molar-refractivity contribution < 1.29 is 14.0 Å². The van der Waals surface area contributed by atoms with Gasteiger partial charge in [0.2, 0.25) is 5.89 Å². The number of carbonyl (C=O) groups is 2. The van der Waals surface area contributed by atoms with Gasteiger partial charge in [0.1, 0.15) is 0 Å².